The van der Waals surface area contributed by atoms with E-state index in [0.717, 1.165) is 49.0 Å². The highest BCUT2D eigenvalue weighted by molar-refractivity contribution is 5.36. The number of aromatic nitrogens is 7. The van der Waals surface area contributed by atoms with Gasteiger partial charge in [-0.05, 0) is 44.9 Å². The van der Waals surface area contributed by atoms with E-state index in [0.29, 0.717) is 0 Å². The van der Waals surface area contributed by atoms with Crippen LogP contribution >= 0.6 is 0 Å². The SMILES string of the molecule is Cc1cc(C)n(-c2ccc(NCCCCn3cnnc3)nn2)n1. The van der Waals surface area contributed by atoms with Crippen molar-refractivity contribution in [2.24, 2.45) is 0 Å². The van der Waals surface area contributed by atoms with E-state index in [1.807, 2.05) is 36.6 Å². The highest BCUT2D eigenvalue weighted by Gasteiger charge is 2.05. The van der Waals surface area contributed by atoms with E-state index in [4.69, 9.17) is 0 Å². The molecule has 0 saturated heterocycles. The van der Waals surface area contributed by atoms with Crippen LogP contribution in [0.25, 0.3) is 5.82 Å². The fourth-order valence-electron chi connectivity index (χ4n) is 2.37. The van der Waals surface area contributed by atoms with Crippen molar-refractivity contribution in [3.05, 3.63) is 42.2 Å². The fourth-order valence-corrected chi connectivity index (χ4v) is 2.37. The zero-order chi connectivity index (χ0) is 16.1. The second-order valence-electron chi connectivity index (χ2n) is 5.45. The number of nitrogens with zero attached hydrogens (tertiary/aromatic N) is 7. The van der Waals surface area contributed by atoms with E-state index in [1.54, 1.807) is 17.3 Å². The Hall–Kier alpha value is -2.77. The number of nitrogens with one attached hydrogen (secondary N) is 1. The highest BCUT2D eigenvalue weighted by atomic mass is 15.4. The van der Waals surface area contributed by atoms with Crippen molar-refractivity contribution in [2.75, 3.05) is 11.9 Å². The van der Waals surface area contributed by atoms with Gasteiger partial charge in [-0.3, -0.25) is 0 Å². The Kier molecular flexibility index (Phi) is 4.60. The quantitative estimate of drug-likeness (QED) is 0.669. The Morgan fingerprint density at radius 2 is 1.87 bits per heavy atom. The topological polar surface area (TPSA) is 86.3 Å². The minimum Gasteiger partial charge on any atom is -0.369 e. The lowest BCUT2D eigenvalue weighted by Crippen LogP contribution is -2.08. The summed E-state index contributed by atoms with van der Waals surface area (Å²) in [6, 6.07) is 5.87. The molecule has 0 bridgehead atoms. The first-order valence-corrected chi connectivity index (χ1v) is 7.66. The van der Waals surface area contributed by atoms with Gasteiger partial charge in [0.1, 0.15) is 18.5 Å². The van der Waals surface area contributed by atoms with Gasteiger partial charge in [0.05, 0.1) is 5.69 Å². The van der Waals surface area contributed by atoms with Crippen LogP contribution in [0.3, 0.4) is 0 Å². The van der Waals surface area contributed by atoms with E-state index in [1.165, 1.54) is 0 Å². The normalized spacial score (nSPS) is 10.9. The largest absolute Gasteiger partial charge is 0.369 e. The van der Waals surface area contributed by atoms with E-state index in [-0.39, 0.29) is 0 Å². The van der Waals surface area contributed by atoms with Crippen LogP contribution in [-0.4, -0.2) is 41.3 Å². The van der Waals surface area contributed by atoms with Crippen LogP contribution in [0.15, 0.2) is 30.9 Å². The Labute approximate surface area is 134 Å². The maximum absolute atomic E-state index is 4.40. The van der Waals surface area contributed by atoms with Crippen molar-refractivity contribution in [1.82, 2.24) is 34.7 Å². The van der Waals surface area contributed by atoms with Crippen molar-refractivity contribution < 1.29 is 0 Å². The van der Waals surface area contributed by atoms with Gasteiger partial charge >= 0.3 is 0 Å². The fraction of sp³-hybridized carbons (Fsp3) is 0.400. The smallest absolute Gasteiger partial charge is 0.176 e. The summed E-state index contributed by atoms with van der Waals surface area (Å²) < 4.78 is 3.77. The molecule has 0 saturated carbocycles. The molecule has 8 heteroatoms. The van der Waals surface area contributed by atoms with Crippen molar-refractivity contribution in [1.29, 1.82) is 0 Å². The summed E-state index contributed by atoms with van der Waals surface area (Å²) in [5.74, 6) is 1.51. The molecule has 0 aliphatic rings. The van der Waals surface area contributed by atoms with Crippen molar-refractivity contribution in [2.45, 2.75) is 33.2 Å². The van der Waals surface area contributed by atoms with Crippen molar-refractivity contribution in [3.8, 4) is 5.82 Å². The van der Waals surface area contributed by atoms with Gasteiger partial charge in [0, 0.05) is 18.8 Å². The summed E-state index contributed by atoms with van der Waals surface area (Å²) in [6.07, 6.45) is 5.56. The predicted molar refractivity (Wildman–Crippen MR) is 86.4 cm³/mol. The molecule has 0 unspecified atom stereocenters. The third-order valence-electron chi connectivity index (χ3n) is 3.49. The van der Waals surface area contributed by atoms with Crippen LogP contribution in [0.1, 0.15) is 24.2 Å². The third kappa shape index (κ3) is 3.91. The summed E-state index contributed by atoms with van der Waals surface area (Å²) >= 11 is 0. The van der Waals surface area contributed by atoms with Crippen molar-refractivity contribution in [3.63, 3.8) is 0 Å². The summed E-state index contributed by atoms with van der Waals surface area (Å²) in [7, 11) is 0. The molecule has 0 aliphatic carbocycles. The second kappa shape index (κ2) is 6.99. The number of unbranched alkanes of at least 4 members (excludes halogenated alkanes) is 1. The molecule has 8 nitrogen and oxygen atoms in total. The van der Waals surface area contributed by atoms with Gasteiger partial charge in [-0.15, -0.1) is 20.4 Å². The Morgan fingerprint density at radius 1 is 1.04 bits per heavy atom. The molecular formula is C15H20N8. The van der Waals surface area contributed by atoms with E-state index in [2.05, 4.69) is 30.8 Å². The molecule has 3 aromatic heterocycles. The van der Waals surface area contributed by atoms with Gasteiger partial charge < -0.3 is 9.88 Å². The van der Waals surface area contributed by atoms with Gasteiger partial charge in [-0.2, -0.15) is 5.10 Å². The molecule has 0 radical (unpaired) electrons. The molecule has 3 rings (SSSR count). The minimum absolute atomic E-state index is 0.730. The highest BCUT2D eigenvalue weighted by Crippen LogP contribution is 2.10. The molecule has 0 aliphatic heterocycles. The number of rotatable bonds is 7. The van der Waals surface area contributed by atoms with Crippen LogP contribution in [0.2, 0.25) is 0 Å². The van der Waals surface area contributed by atoms with Gasteiger partial charge in [0.15, 0.2) is 5.82 Å². The maximum Gasteiger partial charge on any atom is 0.176 e. The van der Waals surface area contributed by atoms with Crippen LogP contribution < -0.4 is 5.32 Å². The monoisotopic (exact) mass is 312 g/mol. The molecule has 120 valence electrons. The summed E-state index contributed by atoms with van der Waals surface area (Å²) in [5.41, 5.74) is 2.02. The Bertz CT molecular complexity index is 729. The second-order valence-corrected chi connectivity index (χ2v) is 5.45. The van der Waals surface area contributed by atoms with E-state index in [9.17, 15) is 0 Å². The molecule has 3 heterocycles. The molecule has 0 amide bonds. The minimum atomic E-state index is 0.730. The van der Waals surface area contributed by atoms with Crippen molar-refractivity contribution >= 4 is 5.82 Å². The van der Waals surface area contributed by atoms with Crippen LogP contribution in [0.4, 0.5) is 5.82 Å². The number of aryl methyl sites for hydroxylation is 3. The molecule has 0 spiro atoms. The number of anilines is 1. The molecule has 1 N–H and O–H groups in total. The summed E-state index contributed by atoms with van der Waals surface area (Å²) in [4.78, 5) is 0. The van der Waals surface area contributed by atoms with E-state index >= 15 is 0 Å². The molecule has 0 aromatic carbocycles. The lowest BCUT2D eigenvalue weighted by atomic mass is 10.3. The molecule has 3 aromatic rings. The first-order valence-electron chi connectivity index (χ1n) is 7.66. The van der Waals surface area contributed by atoms with Crippen LogP contribution in [-0.2, 0) is 6.54 Å². The number of hydrogen-bond donors (Lipinski definition) is 1. The predicted octanol–water partition coefficient (Wildman–Crippen LogP) is 1.76. The summed E-state index contributed by atoms with van der Waals surface area (Å²) in [5, 5.41) is 23.7. The van der Waals surface area contributed by atoms with Gasteiger partial charge in [0.25, 0.3) is 0 Å². The van der Waals surface area contributed by atoms with Crippen LogP contribution in [0.5, 0.6) is 0 Å². The van der Waals surface area contributed by atoms with Gasteiger partial charge in [0.2, 0.25) is 0 Å². The average Bonchev–Trinajstić information content (AvgIpc) is 3.17. The first-order chi connectivity index (χ1) is 11.2. The molecular weight excluding hydrogens is 292 g/mol. The Balaban J connectivity index is 1.47. The van der Waals surface area contributed by atoms with E-state index < -0.39 is 0 Å². The third-order valence-corrected chi connectivity index (χ3v) is 3.49. The average molecular weight is 312 g/mol. The van der Waals surface area contributed by atoms with Crippen LogP contribution in [0, 0.1) is 13.8 Å². The maximum atomic E-state index is 4.40. The lowest BCUT2D eigenvalue weighted by Gasteiger charge is -2.06. The molecule has 0 fully saturated rings. The zero-order valence-corrected chi connectivity index (χ0v) is 13.3. The standard InChI is InChI=1S/C15H20N8/c1-12-9-13(2)23(21-12)15-6-5-14(19-20-15)16-7-3-4-8-22-10-17-18-11-22/h5-6,9-11H,3-4,7-8H2,1-2H3,(H,16,19). The number of hydrogen-bond acceptors (Lipinski definition) is 6. The first kappa shape index (κ1) is 15.1. The zero-order valence-electron chi connectivity index (χ0n) is 13.3. The lowest BCUT2D eigenvalue weighted by molar-refractivity contribution is 0.619. The van der Waals surface area contributed by atoms with Gasteiger partial charge in [-0.25, -0.2) is 4.68 Å². The van der Waals surface area contributed by atoms with Gasteiger partial charge in [-0.1, -0.05) is 0 Å². The molecule has 23 heavy (non-hydrogen) atoms. The molecule has 0 atom stereocenters. The Morgan fingerprint density at radius 3 is 2.52 bits per heavy atom. The summed E-state index contributed by atoms with van der Waals surface area (Å²) in [6.45, 7) is 5.75.